The number of hydrogen-bond acceptors (Lipinski definition) is 3. The van der Waals surface area contributed by atoms with Gasteiger partial charge in [-0.1, -0.05) is 51.5 Å². The monoisotopic (exact) mass is 346 g/mol. The van der Waals surface area contributed by atoms with Crippen LogP contribution in [0.5, 0.6) is 0 Å². The molecule has 1 aliphatic rings. The van der Waals surface area contributed by atoms with E-state index >= 15 is 0 Å². The summed E-state index contributed by atoms with van der Waals surface area (Å²) in [6, 6.07) is 8.05. The Morgan fingerprint density at radius 3 is 2.46 bits per heavy atom. The van der Waals surface area contributed by atoms with Gasteiger partial charge in [0.1, 0.15) is 0 Å². The summed E-state index contributed by atoms with van der Waals surface area (Å²) in [6.07, 6.45) is 1.68. The SMILES string of the molecule is CCCC1=C(C(=O)OCC)[C@H](c2ccc(C(C)C)cc2)NC(=S)N1. The molecule has 1 heterocycles. The normalized spacial score (nSPS) is 17.5. The van der Waals surface area contributed by atoms with Gasteiger partial charge in [0.15, 0.2) is 5.11 Å². The van der Waals surface area contributed by atoms with Crippen LogP contribution in [0.4, 0.5) is 0 Å². The number of thiocarbonyl (C=S) groups is 1. The number of rotatable bonds is 6. The second kappa shape index (κ2) is 8.29. The number of hydrogen-bond donors (Lipinski definition) is 2. The fourth-order valence-corrected chi connectivity index (χ4v) is 3.08. The van der Waals surface area contributed by atoms with Gasteiger partial charge in [-0.25, -0.2) is 4.79 Å². The lowest BCUT2D eigenvalue weighted by Gasteiger charge is -2.31. The Labute approximate surface area is 149 Å². The van der Waals surface area contributed by atoms with Crippen LogP contribution in [0.3, 0.4) is 0 Å². The van der Waals surface area contributed by atoms with Crippen molar-refractivity contribution in [2.45, 2.75) is 52.5 Å². The molecule has 0 bridgehead atoms. The highest BCUT2D eigenvalue weighted by molar-refractivity contribution is 7.80. The van der Waals surface area contributed by atoms with E-state index in [1.165, 1.54) is 5.56 Å². The van der Waals surface area contributed by atoms with Crippen molar-refractivity contribution in [1.29, 1.82) is 0 Å². The minimum atomic E-state index is -0.290. The van der Waals surface area contributed by atoms with Crippen LogP contribution in [-0.2, 0) is 9.53 Å². The molecule has 130 valence electrons. The molecule has 0 aromatic heterocycles. The van der Waals surface area contributed by atoms with Crippen LogP contribution >= 0.6 is 12.2 Å². The molecular weight excluding hydrogens is 320 g/mol. The fraction of sp³-hybridized carbons (Fsp3) is 0.474. The molecular formula is C19H26N2O2S. The topological polar surface area (TPSA) is 50.4 Å². The molecule has 0 fully saturated rings. The van der Waals surface area contributed by atoms with Gasteiger partial charge in [-0.15, -0.1) is 0 Å². The van der Waals surface area contributed by atoms with Crippen molar-refractivity contribution in [2.75, 3.05) is 6.61 Å². The maximum absolute atomic E-state index is 12.5. The molecule has 2 rings (SSSR count). The fourth-order valence-electron chi connectivity index (χ4n) is 2.84. The molecule has 0 radical (unpaired) electrons. The number of carbonyl (C=O) groups excluding carboxylic acids is 1. The Balaban J connectivity index is 2.44. The molecule has 4 nitrogen and oxygen atoms in total. The first-order chi connectivity index (χ1) is 11.5. The molecule has 0 saturated heterocycles. The number of esters is 1. The predicted molar refractivity (Wildman–Crippen MR) is 101 cm³/mol. The highest BCUT2D eigenvalue weighted by atomic mass is 32.1. The molecule has 0 aliphatic carbocycles. The standard InChI is InChI=1S/C19H26N2O2S/c1-5-7-15-16(18(22)23-6-2)17(21-19(24)20-15)14-10-8-13(9-11-14)12(3)4/h8-12,17H,5-7H2,1-4H3,(H2,20,21,24)/t17-/m0/s1. The summed E-state index contributed by atoms with van der Waals surface area (Å²) in [4.78, 5) is 12.5. The smallest absolute Gasteiger partial charge is 0.338 e. The lowest BCUT2D eigenvalue weighted by Crippen LogP contribution is -2.45. The summed E-state index contributed by atoms with van der Waals surface area (Å²) in [7, 11) is 0. The summed E-state index contributed by atoms with van der Waals surface area (Å²) in [5.41, 5.74) is 3.77. The molecule has 2 N–H and O–H groups in total. The highest BCUT2D eigenvalue weighted by Gasteiger charge is 2.31. The van der Waals surface area contributed by atoms with Gasteiger partial charge in [0.25, 0.3) is 0 Å². The number of benzene rings is 1. The van der Waals surface area contributed by atoms with Crippen molar-refractivity contribution in [3.63, 3.8) is 0 Å². The minimum Gasteiger partial charge on any atom is -0.463 e. The van der Waals surface area contributed by atoms with Gasteiger partial charge in [-0.3, -0.25) is 0 Å². The summed E-state index contributed by atoms with van der Waals surface area (Å²) in [5.74, 6) is 0.179. The zero-order chi connectivity index (χ0) is 17.7. The van der Waals surface area contributed by atoms with Crippen LogP contribution < -0.4 is 10.6 Å². The van der Waals surface area contributed by atoms with E-state index < -0.39 is 0 Å². The third kappa shape index (κ3) is 4.15. The Hall–Kier alpha value is -1.88. The number of allylic oxidation sites excluding steroid dienone is 1. The molecule has 0 unspecified atom stereocenters. The molecule has 5 heteroatoms. The van der Waals surface area contributed by atoms with Crippen molar-refractivity contribution in [3.8, 4) is 0 Å². The van der Waals surface area contributed by atoms with E-state index in [-0.39, 0.29) is 12.0 Å². The van der Waals surface area contributed by atoms with Gasteiger partial charge in [-0.05, 0) is 42.6 Å². The maximum Gasteiger partial charge on any atom is 0.338 e. The highest BCUT2D eigenvalue weighted by Crippen LogP contribution is 2.30. The maximum atomic E-state index is 12.5. The zero-order valence-corrected chi connectivity index (χ0v) is 15.6. The predicted octanol–water partition coefficient (Wildman–Crippen LogP) is 3.95. The van der Waals surface area contributed by atoms with Gasteiger partial charge in [0, 0.05) is 5.70 Å². The Bertz CT molecular complexity index is 635. The lowest BCUT2D eigenvalue weighted by molar-refractivity contribution is -0.139. The number of ether oxygens (including phenoxy) is 1. The van der Waals surface area contributed by atoms with E-state index in [1.54, 1.807) is 0 Å². The van der Waals surface area contributed by atoms with Crippen molar-refractivity contribution < 1.29 is 9.53 Å². The number of nitrogens with one attached hydrogen (secondary N) is 2. The summed E-state index contributed by atoms with van der Waals surface area (Å²) < 4.78 is 5.29. The van der Waals surface area contributed by atoms with Gasteiger partial charge in [0.05, 0.1) is 18.2 Å². The summed E-state index contributed by atoms with van der Waals surface area (Å²) >= 11 is 5.34. The van der Waals surface area contributed by atoms with Gasteiger partial charge < -0.3 is 15.4 Å². The molecule has 24 heavy (non-hydrogen) atoms. The van der Waals surface area contributed by atoms with E-state index in [0.717, 1.165) is 24.1 Å². The molecule has 0 saturated carbocycles. The molecule has 1 aromatic rings. The van der Waals surface area contributed by atoms with E-state index in [0.29, 0.717) is 23.2 Å². The van der Waals surface area contributed by atoms with Crippen LogP contribution in [0, 0.1) is 0 Å². The van der Waals surface area contributed by atoms with Crippen LogP contribution in [-0.4, -0.2) is 17.7 Å². The van der Waals surface area contributed by atoms with Crippen molar-refractivity contribution in [2.24, 2.45) is 0 Å². The summed E-state index contributed by atoms with van der Waals surface area (Å²) in [5, 5.41) is 6.90. The Morgan fingerprint density at radius 2 is 1.92 bits per heavy atom. The number of carbonyl (C=O) groups is 1. The van der Waals surface area contributed by atoms with E-state index in [9.17, 15) is 4.79 Å². The second-order valence-electron chi connectivity index (χ2n) is 6.22. The first-order valence-corrected chi connectivity index (χ1v) is 8.96. The van der Waals surface area contributed by atoms with Gasteiger partial charge >= 0.3 is 5.97 Å². The van der Waals surface area contributed by atoms with Gasteiger partial charge in [0.2, 0.25) is 0 Å². The van der Waals surface area contributed by atoms with Crippen molar-refractivity contribution in [3.05, 3.63) is 46.7 Å². The second-order valence-corrected chi connectivity index (χ2v) is 6.62. The lowest BCUT2D eigenvalue weighted by atomic mass is 9.92. The molecule has 1 aromatic carbocycles. The molecule has 0 amide bonds. The van der Waals surface area contributed by atoms with Crippen LogP contribution in [0.15, 0.2) is 35.5 Å². The van der Waals surface area contributed by atoms with Crippen LogP contribution in [0.2, 0.25) is 0 Å². The van der Waals surface area contributed by atoms with Crippen LogP contribution in [0.1, 0.15) is 63.6 Å². The van der Waals surface area contributed by atoms with Gasteiger partial charge in [-0.2, -0.15) is 0 Å². The molecule has 1 aliphatic heterocycles. The third-order valence-electron chi connectivity index (χ3n) is 4.09. The van der Waals surface area contributed by atoms with Crippen LogP contribution in [0.25, 0.3) is 0 Å². The average Bonchev–Trinajstić information content (AvgIpc) is 2.55. The van der Waals surface area contributed by atoms with E-state index in [1.807, 2.05) is 6.92 Å². The quantitative estimate of drug-likeness (QED) is 0.603. The first kappa shape index (κ1) is 18.5. The average molecular weight is 346 g/mol. The minimum absolute atomic E-state index is 0.277. The third-order valence-corrected chi connectivity index (χ3v) is 4.31. The molecule has 1 atom stereocenters. The first-order valence-electron chi connectivity index (χ1n) is 8.55. The summed E-state index contributed by atoms with van der Waals surface area (Å²) in [6.45, 7) is 8.57. The van der Waals surface area contributed by atoms with E-state index in [4.69, 9.17) is 17.0 Å². The largest absolute Gasteiger partial charge is 0.463 e. The van der Waals surface area contributed by atoms with Crippen molar-refractivity contribution >= 4 is 23.3 Å². The van der Waals surface area contributed by atoms with Crippen molar-refractivity contribution in [1.82, 2.24) is 10.6 Å². The zero-order valence-electron chi connectivity index (χ0n) is 14.8. The van der Waals surface area contributed by atoms with E-state index in [2.05, 4.69) is 55.7 Å². The Kier molecular flexibility index (Phi) is 6.37. The molecule has 0 spiro atoms. The Morgan fingerprint density at radius 1 is 1.25 bits per heavy atom.